The third-order valence-electron chi connectivity index (χ3n) is 4.53. The fourth-order valence-electron chi connectivity index (χ4n) is 2.83. The van der Waals surface area contributed by atoms with Crippen molar-refractivity contribution in [3.05, 3.63) is 47.4 Å². The maximum absolute atomic E-state index is 13.9. The first kappa shape index (κ1) is 23.5. The predicted molar refractivity (Wildman–Crippen MR) is 118 cm³/mol. The highest BCUT2D eigenvalue weighted by Gasteiger charge is 2.24. The van der Waals surface area contributed by atoms with Crippen molar-refractivity contribution in [2.75, 3.05) is 18.4 Å². The molecule has 0 saturated heterocycles. The number of carbonyl (C=O) groups is 1. The number of halogens is 2. The van der Waals surface area contributed by atoms with E-state index in [-0.39, 0.29) is 15.6 Å². The average Bonchev–Trinajstić information content (AvgIpc) is 3.12. The van der Waals surface area contributed by atoms with Gasteiger partial charge in [-0.25, -0.2) is 12.8 Å². The molecule has 0 aliphatic heterocycles. The molecule has 2 heterocycles. The normalized spacial score (nSPS) is 13.0. The Balaban J connectivity index is 1.83. The molecule has 0 saturated carbocycles. The number of sulfonamides is 1. The van der Waals surface area contributed by atoms with Crippen molar-refractivity contribution in [2.24, 2.45) is 0 Å². The molecule has 0 aliphatic rings. The molecular weight excluding hydrogens is 465 g/mol. The van der Waals surface area contributed by atoms with E-state index < -0.39 is 27.0 Å². The van der Waals surface area contributed by atoms with E-state index in [1.54, 1.807) is 26.8 Å². The minimum atomic E-state index is -3.67. The van der Waals surface area contributed by atoms with Gasteiger partial charge in [-0.1, -0.05) is 37.2 Å². The lowest BCUT2D eigenvalue weighted by atomic mass is 10.3. The zero-order valence-electron chi connectivity index (χ0n) is 17.0. The number of fused-ring (bicyclic) bond motifs is 1. The molecule has 0 spiro atoms. The van der Waals surface area contributed by atoms with E-state index >= 15 is 0 Å². The second kappa shape index (κ2) is 9.51. The molecule has 12 heteroatoms. The van der Waals surface area contributed by atoms with Gasteiger partial charge in [-0.3, -0.25) is 9.20 Å². The van der Waals surface area contributed by atoms with Crippen LogP contribution in [0.3, 0.4) is 0 Å². The maximum atomic E-state index is 13.9. The number of pyridine rings is 1. The Morgan fingerprint density at radius 2 is 1.97 bits per heavy atom. The van der Waals surface area contributed by atoms with Crippen LogP contribution in [-0.2, 0) is 14.8 Å². The van der Waals surface area contributed by atoms with Crippen molar-refractivity contribution < 1.29 is 17.6 Å². The zero-order valence-corrected chi connectivity index (χ0v) is 19.4. The summed E-state index contributed by atoms with van der Waals surface area (Å²) in [4.78, 5) is 12.6. The van der Waals surface area contributed by atoms with Gasteiger partial charge in [-0.2, -0.15) is 4.31 Å². The second-order valence-electron chi connectivity index (χ2n) is 6.54. The van der Waals surface area contributed by atoms with Crippen LogP contribution in [0.15, 0.2) is 46.6 Å². The summed E-state index contributed by atoms with van der Waals surface area (Å²) in [6.07, 6.45) is 1.44. The second-order valence-corrected chi connectivity index (χ2v) is 10.2. The van der Waals surface area contributed by atoms with Crippen LogP contribution in [0.1, 0.15) is 20.8 Å². The van der Waals surface area contributed by atoms with Gasteiger partial charge < -0.3 is 5.32 Å². The highest BCUT2D eigenvalue weighted by molar-refractivity contribution is 8.00. The van der Waals surface area contributed by atoms with E-state index in [0.29, 0.717) is 23.9 Å². The maximum Gasteiger partial charge on any atom is 0.244 e. The van der Waals surface area contributed by atoms with E-state index in [2.05, 4.69) is 15.5 Å². The number of nitrogens with one attached hydrogen (secondary N) is 1. The van der Waals surface area contributed by atoms with E-state index in [1.807, 2.05) is 0 Å². The van der Waals surface area contributed by atoms with Gasteiger partial charge in [-0.15, -0.1) is 10.2 Å². The van der Waals surface area contributed by atoms with Crippen molar-refractivity contribution in [1.82, 2.24) is 18.9 Å². The molecule has 1 atom stereocenters. The monoisotopic (exact) mass is 485 g/mol. The molecule has 1 N–H and O–H groups in total. The first-order valence-corrected chi connectivity index (χ1v) is 12.1. The van der Waals surface area contributed by atoms with Crippen molar-refractivity contribution in [1.29, 1.82) is 0 Å². The molecule has 0 radical (unpaired) electrons. The number of anilines is 1. The van der Waals surface area contributed by atoms with Gasteiger partial charge in [0.15, 0.2) is 10.8 Å². The quantitative estimate of drug-likeness (QED) is 0.489. The van der Waals surface area contributed by atoms with Crippen molar-refractivity contribution in [3.8, 4) is 0 Å². The van der Waals surface area contributed by atoms with Crippen LogP contribution in [0.4, 0.5) is 10.1 Å². The minimum Gasteiger partial charge on any atom is -0.323 e. The van der Waals surface area contributed by atoms with Gasteiger partial charge in [0.2, 0.25) is 15.9 Å². The molecule has 2 aromatic heterocycles. The van der Waals surface area contributed by atoms with Crippen LogP contribution in [0, 0.1) is 5.82 Å². The van der Waals surface area contributed by atoms with Gasteiger partial charge in [0, 0.05) is 24.3 Å². The number of aromatic nitrogens is 3. The molecular formula is C19H21ClFN5O3S2. The standard InChI is InChI=1S/C19H21ClFN5O3S2/c1-4-25(5-2)31(28,29)14-7-9-17-23-24-19(26(17)11-14)30-12(3)18(27)22-16-8-6-13(20)10-15(16)21/h6-12H,4-5H2,1-3H3,(H,22,27)/t12-/m0/s1. The zero-order chi connectivity index (χ0) is 22.8. The van der Waals surface area contributed by atoms with Crippen molar-refractivity contribution in [3.63, 3.8) is 0 Å². The Labute approximate surface area is 188 Å². The fraction of sp³-hybridized carbons (Fsp3) is 0.316. The molecule has 31 heavy (non-hydrogen) atoms. The Hall–Kier alpha value is -2.21. The van der Waals surface area contributed by atoms with Gasteiger partial charge >= 0.3 is 0 Å². The first-order valence-electron chi connectivity index (χ1n) is 9.44. The summed E-state index contributed by atoms with van der Waals surface area (Å²) in [7, 11) is -3.67. The summed E-state index contributed by atoms with van der Waals surface area (Å²) in [6.45, 7) is 5.86. The molecule has 0 aliphatic carbocycles. The molecule has 3 aromatic rings. The van der Waals surface area contributed by atoms with E-state index in [1.165, 1.54) is 33.1 Å². The number of benzene rings is 1. The molecule has 0 bridgehead atoms. The smallest absolute Gasteiger partial charge is 0.244 e. The Morgan fingerprint density at radius 3 is 2.61 bits per heavy atom. The van der Waals surface area contributed by atoms with Crippen LogP contribution in [0.2, 0.25) is 5.02 Å². The number of hydrogen-bond donors (Lipinski definition) is 1. The highest BCUT2D eigenvalue weighted by atomic mass is 35.5. The van der Waals surface area contributed by atoms with Crippen LogP contribution in [-0.4, -0.2) is 51.6 Å². The fourth-order valence-corrected chi connectivity index (χ4v) is 5.28. The summed E-state index contributed by atoms with van der Waals surface area (Å²) in [6, 6.07) is 7.00. The Bertz CT molecular complexity index is 1210. The number of carbonyl (C=O) groups excluding carboxylic acids is 1. The SMILES string of the molecule is CCN(CC)S(=O)(=O)c1ccc2nnc(S[C@@H](C)C(=O)Nc3ccc(Cl)cc3F)n2c1. The molecule has 3 rings (SSSR count). The highest BCUT2D eigenvalue weighted by Crippen LogP contribution is 2.26. The van der Waals surface area contributed by atoms with Crippen molar-refractivity contribution >= 4 is 50.6 Å². The van der Waals surface area contributed by atoms with Crippen molar-refractivity contribution in [2.45, 2.75) is 36.1 Å². The Kier molecular flexibility index (Phi) is 7.20. The van der Waals surface area contributed by atoms with Crippen LogP contribution >= 0.6 is 23.4 Å². The first-order chi connectivity index (χ1) is 14.7. The lowest BCUT2D eigenvalue weighted by Gasteiger charge is -2.18. The summed E-state index contributed by atoms with van der Waals surface area (Å²) in [5, 5.41) is 10.5. The van der Waals surface area contributed by atoms with Gasteiger partial charge in [0.25, 0.3) is 0 Å². The molecule has 166 valence electrons. The Morgan fingerprint density at radius 1 is 1.26 bits per heavy atom. The average molecular weight is 486 g/mol. The lowest BCUT2D eigenvalue weighted by Crippen LogP contribution is -2.30. The molecule has 8 nitrogen and oxygen atoms in total. The molecule has 0 unspecified atom stereocenters. The van der Waals surface area contributed by atoms with E-state index in [9.17, 15) is 17.6 Å². The van der Waals surface area contributed by atoms with Crippen LogP contribution in [0.25, 0.3) is 5.65 Å². The number of amides is 1. The van der Waals surface area contributed by atoms with E-state index in [4.69, 9.17) is 11.6 Å². The summed E-state index contributed by atoms with van der Waals surface area (Å²) >= 11 is 6.80. The minimum absolute atomic E-state index is 0.0144. The lowest BCUT2D eigenvalue weighted by molar-refractivity contribution is -0.115. The molecule has 1 amide bonds. The van der Waals surface area contributed by atoms with Gasteiger partial charge in [0.1, 0.15) is 5.82 Å². The molecule has 1 aromatic carbocycles. The number of nitrogens with zero attached hydrogens (tertiary/aromatic N) is 4. The third kappa shape index (κ3) is 5.00. The predicted octanol–water partition coefficient (Wildman–Crippen LogP) is 3.67. The third-order valence-corrected chi connectivity index (χ3v) is 7.85. The largest absolute Gasteiger partial charge is 0.323 e. The number of hydrogen-bond acceptors (Lipinski definition) is 6. The topological polar surface area (TPSA) is 96.7 Å². The van der Waals surface area contributed by atoms with Gasteiger partial charge in [-0.05, 0) is 37.3 Å². The van der Waals surface area contributed by atoms with Crippen LogP contribution in [0.5, 0.6) is 0 Å². The summed E-state index contributed by atoms with van der Waals surface area (Å²) in [5.41, 5.74) is 0.456. The summed E-state index contributed by atoms with van der Waals surface area (Å²) < 4.78 is 42.5. The number of thioether (sulfide) groups is 1. The summed E-state index contributed by atoms with van der Waals surface area (Å²) in [5.74, 6) is -1.09. The van der Waals surface area contributed by atoms with Crippen LogP contribution < -0.4 is 5.32 Å². The van der Waals surface area contributed by atoms with Gasteiger partial charge in [0.05, 0.1) is 15.8 Å². The van der Waals surface area contributed by atoms with E-state index in [0.717, 1.165) is 17.8 Å². The number of rotatable bonds is 8. The molecule has 0 fully saturated rings.